The highest BCUT2D eigenvalue weighted by atomic mass is 31.2. The van der Waals surface area contributed by atoms with Gasteiger partial charge in [0.1, 0.15) is 13.2 Å². The third-order valence-corrected chi connectivity index (χ3v) is 7.81. The number of ether oxygens (including phenoxy) is 1. The molecule has 39 heavy (non-hydrogen) atoms. The van der Waals surface area contributed by atoms with Gasteiger partial charge in [0.2, 0.25) is 5.91 Å². The van der Waals surface area contributed by atoms with Gasteiger partial charge in [0.25, 0.3) is 0 Å². The molecule has 0 aromatic heterocycles. The summed E-state index contributed by atoms with van der Waals surface area (Å²) in [5.41, 5.74) is 0. The average molecular weight is 580 g/mol. The quantitative estimate of drug-likeness (QED) is 0.0545. The zero-order valence-corrected chi connectivity index (χ0v) is 27.1. The second kappa shape index (κ2) is 25.2. The van der Waals surface area contributed by atoms with E-state index < -0.39 is 13.9 Å². The lowest BCUT2D eigenvalue weighted by molar-refractivity contribution is -0.870. The van der Waals surface area contributed by atoms with Crippen molar-refractivity contribution in [2.24, 2.45) is 0 Å². The number of likely N-dealkylation sites (N-methyl/N-ethyl adjacent to an activating group) is 1. The van der Waals surface area contributed by atoms with Gasteiger partial charge in [-0.1, -0.05) is 110 Å². The molecule has 0 fully saturated rings. The van der Waals surface area contributed by atoms with Crippen LogP contribution in [0.25, 0.3) is 0 Å². The molecule has 8 nitrogen and oxygen atoms in total. The van der Waals surface area contributed by atoms with Crippen LogP contribution in [0.4, 0.5) is 0 Å². The van der Waals surface area contributed by atoms with Crippen LogP contribution in [0.3, 0.4) is 0 Å². The summed E-state index contributed by atoms with van der Waals surface area (Å²) in [5.74, 6) is -0.0116. The Morgan fingerprint density at radius 1 is 0.744 bits per heavy atom. The van der Waals surface area contributed by atoms with Gasteiger partial charge in [-0.3, -0.25) is 13.8 Å². The van der Waals surface area contributed by atoms with E-state index >= 15 is 0 Å². The summed E-state index contributed by atoms with van der Waals surface area (Å²) in [6, 6.07) is 0. The van der Waals surface area contributed by atoms with E-state index in [1.165, 1.54) is 83.5 Å². The summed E-state index contributed by atoms with van der Waals surface area (Å²) in [5, 5.41) is 2.92. The Bertz CT molecular complexity index is 615. The Morgan fingerprint density at radius 3 is 1.74 bits per heavy atom. The molecule has 0 radical (unpaired) electrons. The van der Waals surface area contributed by atoms with E-state index in [0.29, 0.717) is 24.1 Å². The fourth-order valence-electron chi connectivity index (χ4n) is 4.21. The Morgan fingerprint density at radius 2 is 1.23 bits per heavy atom. The van der Waals surface area contributed by atoms with Crippen molar-refractivity contribution in [1.29, 1.82) is 0 Å². The zero-order valence-electron chi connectivity index (χ0n) is 26.2. The second-order valence-corrected chi connectivity index (χ2v) is 13.4. The Balaban J connectivity index is 4.36. The van der Waals surface area contributed by atoms with Gasteiger partial charge >= 0.3 is 7.82 Å². The van der Waals surface area contributed by atoms with Crippen molar-refractivity contribution in [3.63, 3.8) is 0 Å². The largest absolute Gasteiger partial charge is 0.472 e. The molecule has 234 valence electrons. The number of nitrogens with one attached hydrogen (secondary N) is 1. The number of hydrogen-bond acceptors (Lipinski definition) is 5. The molecular formula is C30H64N2O6P+. The van der Waals surface area contributed by atoms with Gasteiger partial charge in [-0.25, -0.2) is 4.57 Å². The van der Waals surface area contributed by atoms with Gasteiger partial charge in [0.05, 0.1) is 33.9 Å². The summed E-state index contributed by atoms with van der Waals surface area (Å²) >= 11 is 0. The minimum atomic E-state index is -4.18. The SMILES string of the molecule is CCCCCCCCCCCCO[C@@H](CNC(=O)CCCCCCCCC)COP(=O)(O)OCC[N+](C)(C)C. The molecule has 0 saturated heterocycles. The van der Waals surface area contributed by atoms with Crippen molar-refractivity contribution in [2.45, 2.75) is 136 Å². The summed E-state index contributed by atoms with van der Waals surface area (Å²) in [7, 11) is 1.77. The van der Waals surface area contributed by atoms with Crippen molar-refractivity contribution in [2.75, 3.05) is 54.1 Å². The van der Waals surface area contributed by atoms with Crippen LogP contribution in [0.5, 0.6) is 0 Å². The number of nitrogens with zero attached hydrogens (tertiary/aromatic N) is 1. The number of rotatable bonds is 29. The number of phosphoric ester groups is 1. The van der Waals surface area contributed by atoms with Crippen molar-refractivity contribution < 1.29 is 32.5 Å². The van der Waals surface area contributed by atoms with Crippen molar-refractivity contribution in [3.8, 4) is 0 Å². The lowest BCUT2D eigenvalue weighted by atomic mass is 10.1. The summed E-state index contributed by atoms with van der Waals surface area (Å²) in [6.45, 7) is 5.85. The Hall–Kier alpha value is -0.500. The predicted octanol–water partition coefficient (Wildman–Crippen LogP) is 7.39. The minimum Gasteiger partial charge on any atom is -0.374 e. The topological polar surface area (TPSA) is 94.1 Å². The van der Waals surface area contributed by atoms with E-state index in [2.05, 4.69) is 19.2 Å². The maximum absolute atomic E-state index is 12.3. The number of carbonyl (C=O) groups is 1. The van der Waals surface area contributed by atoms with Crippen molar-refractivity contribution in [3.05, 3.63) is 0 Å². The molecule has 0 aromatic rings. The first-order valence-corrected chi connectivity index (χ1v) is 17.4. The highest BCUT2D eigenvalue weighted by Gasteiger charge is 2.25. The van der Waals surface area contributed by atoms with E-state index in [-0.39, 0.29) is 25.7 Å². The van der Waals surface area contributed by atoms with Gasteiger partial charge in [-0.15, -0.1) is 0 Å². The first kappa shape index (κ1) is 38.5. The standard InChI is InChI=1S/C30H63N2O6P/c1-6-8-10-12-14-15-16-18-20-22-25-36-29(28-38-39(34,35)37-26-24-32(3,4)5)27-31-30(33)23-21-19-17-13-11-9-7-2/h29H,6-28H2,1-5H3,(H-,31,33,34,35)/p+1/t29-/m0/s1. The van der Waals surface area contributed by atoms with Gasteiger partial charge < -0.3 is 19.4 Å². The molecule has 0 aliphatic heterocycles. The molecule has 0 bridgehead atoms. The van der Waals surface area contributed by atoms with Crippen LogP contribution in [0.15, 0.2) is 0 Å². The highest BCUT2D eigenvalue weighted by molar-refractivity contribution is 7.47. The van der Waals surface area contributed by atoms with Crippen LogP contribution >= 0.6 is 7.82 Å². The molecule has 0 aromatic carbocycles. The predicted molar refractivity (Wildman–Crippen MR) is 162 cm³/mol. The lowest BCUT2D eigenvalue weighted by Gasteiger charge is -2.24. The number of phosphoric acid groups is 1. The molecule has 0 saturated carbocycles. The van der Waals surface area contributed by atoms with E-state index in [9.17, 15) is 14.3 Å². The van der Waals surface area contributed by atoms with E-state index in [4.69, 9.17) is 13.8 Å². The molecule has 9 heteroatoms. The number of carbonyl (C=O) groups excluding carboxylic acids is 1. The number of amides is 1. The fourth-order valence-corrected chi connectivity index (χ4v) is 4.95. The normalized spacial score (nSPS) is 14.3. The molecule has 1 unspecified atom stereocenters. The zero-order chi connectivity index (χ0) is 29.2. The molecule has 0 aliphatic rings. The minimum absolute atomic E-state index is 0.0116. The Labute approximate surface area is 241 Å². The molecular weight excluding hydrogens is 515 g/mol. The van der Waals surface area contributed by atoms with Gasteiger partial charge in [-0.2, -0.15) is 0 Å². The molecule has 0 spiro atoms. The molecule has 0 heterocycles. The summed E-state index contributed by atoms with van der Waals surface area (Å²) < 4.78 is 29.3. The number of unbranched alkanes of at least 4 members (excludes halogenated alkanes) is 15. The third kappa shape index (κ3) is 28.8. The first-order valence-electron chi connectivity index (χ1n) is 15.9. The van der Waals surface area contributed by atoms with Gasteiger partial charge in [0.15, 0.2) is 0 Å². The molecule has 1 amide bonds. The number of quaternary nitrogens is 1. The van der Waals surface area contributed by atoms with E-state index in [1.54, 1.807) is 0 Å². The van der Waals surface area contributed by atoms with Gasteiger partial charge in [0, 0.05) is 19.6 Å². The maximum Gasteiger partial charge on any atom is 0.472 e. The van der Waals surface area contributed by atoms with E-state index in [1.807, 2.05) is 21.1 Å². The smallest absolute Gasteiger partial charge is 0.374 e. The molecule has 2 atom stereocenters. The number of hydrogen-bond donors (Lipinski definition) is 2. The fraction of sp³-hybridized carbons (Fsp3) is 0.967. The van der Waals surface area contributed by atoms with Crippen molar-refractivity contribution in [1.82, 2.24) is 5.32 Å². The second-order valence-electron chi connectivity index (χ2n) is 12.0. The average Bonchev–Trinajstić information content (AvgIpc) is 2.87. The summed E-state index contributed by atoms with van der Waals surface area (Å²) in [4.78, 5) is 22.4. The lowest BCUT2D eigenvalue weighted by Crippen LogP contribution is -2.37. The maximum atomic E-state index is 12.3. The first-order chi connectivity index (χ1) is 18.6. The van der Waals surface area contributed by atoms with Crippen LogP contribution in [0, 0.1) is 0 Å². The van der Waals surface area contributed by atoms with Crippen LogP contribution in [0.2, 0.25) is 0 Å². The third-order valence-electron chi connectivity index (χ3n) is 6.83. The van der Waals surface area contributed by atoms with Gasteiger partial charge in [-0.05, 0) is 12.8 Å². The Kier molecular flexibility index (Phi) is 24.9. The summed E-state index contributed by atoms with van der Waals surface area (Å²) in [6.07, 6.45) is 20.6. The molecule has 2 N–H and O–H groups in total. The van der Waals surface area contributed by atoms with Crippen LogP contribution in [0.1, 0.15) is 129 Å². The van der Waals surface area contributed by atoms with Crippen LogP contribution in [-0.2, 0) is 23.1 Å². The monoisotopic (exact) mass is 579 g/mol. The van der Waals surface area contributed by atoms with Crippen molar-refractivity contribution >= 4 is 13.7 Å². The van der Waals surface area contributed by atoms with E-state index in [0.717, 1.165) is 25.7 Å². The molecule has 0 rings (SSSR count). The molecule has 0 aliphatic carbocycles. The van der Waals surface area contributed by atoms with Crippen LogP contribution in [-0.4, -0.2) is 75.4 Å². The van der Waals surface area contributed by atoms with Crippen LogP contribution < -0.4 is 5.32 Å². The highest BCUT2D eigenvalue weighted by Crippen LogP contribution is 2.43.